The van der Waals surface area contributed by atoms with Crippen molar-refractivity contribution >= 4 is 137 Å². The molecule has 4 saturated heterocycles. The van der Waals surface area contributed by atoms with E-state index in [0.717, 1.165) is 73.3 Å². The smallest absolute Gasteiger partial charge is 0.870 e. The number of benzene rings is 6. The number of carbonyl (C=O) groups is 8. The van der Waals surface area contributed by atoms with E-state index in [4.69, 9.17) is 22.9 Å². The number of anilines is 8. The summed E-state index contributed by atoms with van der Waals surface area (Å²) >= 11 is 0. The monoisotopic (exact) mass is 2110 g/mol. The van der Waals surface area contributed by atoms with Gasteiger partial charge in [-0.25, -0.2) is 35.1 Å². The summed E-state index contributed by atoms with van der Waals surface area (Å²) in [5, 5.41) is 93.1. The van der Waals surface area contributed by atoms with Crippen LogP contribution < -0.4 is 126 Å². The topological polar surface area (TPSA) is 779 Å². The van der Waals surface area contributed by atoms with Gasteiger partial charge in [0.05, 0.1) is 189 Å². The predicted molar refractivity (Wildman–Crippen MR) is 482 cm³/mol. The van der Waals surface area contributed by atoms with Crippen molar-refractivity contribution in [3.63, 3.8) is 0 Å². The number of quaternary nitrogens is 4. The van der Waals surface area contributed by atoms with E-state index >= 15 is 35.1 Å². The second-order valence-corrected chi connectivity index (χ2v) is 36.2. The maximum atomic E-state index is 15.6. The van der Waals surface area contributed by atoms with Crippen LogP contribution in [0.4, 0.5) is 80.6 Å². The van der Waals surface area contributed by atoms with Crippen molar-refractivity contribution in [3.05, 3.63) is 205 Å². The Hall–Kier alpha value is -13.6. The summed E-state index contributed by atoms with van der Waals surface area (Å²) in [5.41, 5.74) is 13.1. The van der Waals surface area contributed by atoms with Gasteiger partial charge in [-0.3, -0.25) is 19.2 Å². The summed E-state index contributed by atoms with van der Waals surface area (Å²) in [6.45, 7) is 19.1. The minimum absolute atomic E-state index is 0. The Morgan fingerprint density at radius 1 is 0.285 bits per heavy atom. The molecule has 1 radical (unpaired) electrons. The summed E-state index contributed by atoms with van der Waals surface area (Å²) in [7, 11) is 0. The van der Waals surface area contributed by atoms with Crippen LogP contribution in [0.25, 0.3) is 43.6 Å². The van der Waals surface area contributed by atoms with Gasteiger partial charge in [-0.2, -0.15) is 0 Å². The van der Waals surface area contributed by atoms with E-state index in [1.807, 2.05) is 55.4 Å². The molecule has 4 aliphatic heterocycles. The molecule has 4 saturated carbocycles. The number of hydrogen-bond donors (Lipinski definition) is 8. The molecule has 0 unspecified atom stereocenters. The van der Waals surface area contributed by atoms with Gasteiger partial charge in [0.25, 0.3) is 0 Å². The van der Waals surface area contributed by atoms with Crippen LogP contribution >= 0.6 is 0 Å². The van der Waals surface area contributed by atoms with Gasteiger partial charge in [0, 0.05) is 49.0 Å². The van der Waals surface area contributed by atoms with E-state index in [2.05, 4.69) is 21.3 Å². The molecule has 4 aromatic heterocycles. The third-order valence-electron chi connectivity index (χ3n) is 24.8. The molecule has 8 atom stereocenters. The van der Waals surface area contributed by atoms with Crippen LogP contribution in [0.15, 0.2) is 92.5 Å². The summed E-state index contributed by atoms with van der Waals surface area (Å²) in [6.07, 6.45) is 10.1. The number of piperazine rings is 4. The molecule has 8 heterocycles. The Balaban J connectivity index is 0.000000367. The molecule has 18 rings (SSSR count). The number of aromatic carboxylic acids is 8. The number of rotatable bonds is 16. The number of halogens is 8. The zero-order chi connectivity index (χ0) is 99.6. The van der Waals surface area contributed by atoms with Gasteiger partial charge >= 0.3 is 35.6 Å². The predicted octanol–water partition coefficient (Wildman–Crippen LogP) is -7.83. The molecule has 6 aromatic carbocycles. The molecule has 4 aliphatic carbocycles. The fourth-order valence-corrected chi connectivity index (χ4v) is 18.5. The van der Waals surface area contributed by atoms with E-state index in [9.17, 15) is 98.4 Å². The number of aromatic nitrogens is 4. The Morgan fingerprint density at radius 2 is 0.424 bits per heavy atom. The number of nitrogen functional groups attached to an aromatic ring is 4. The number of carboxylic acid groups (broad SMARTS) is 8. The van der Waals surface area contributed by atoms with E-state index in [0.29, 0.717) is 104 Å². The van der Waals surface area contributed by atoms with Crippen molar-refractivity contribution in [2.75, 3.05) is 94.9 Å². The number of nitrogens with two attached hydrogens (primary N) is 8. The van der Waals surface area contributed by atoms with Crippen LogP contribution in [-0.4, -0.2) is 200 Å². The first-order valence-electron chi connectivity index (χ1n) is 43.7. The second-order valence-electron chi connectivity index (χ2n) is 36.2. The van der Waals surface area contributed by atoms with Gasteiger partial charge in [-0.05, 0) is 129 Å². The molecule has 144 heavy (non-hydrogen) atoms. The number of hydrogen-bond acceptors (Lipinski definition) is 30. The minimum Gasteiger partial charge on any atom is -0.870 e. The largest absolute Gasteiger partial charge is 3.00 e. The van der Waals surface area contributed by atoms with Crippen molar-refractivity contribution in [2.24, 2.45) is 0 Å². The van der Waals surface area contributed by atoms with Gasteiger partial charge in [0.15, 0.2) is 46.5 Å². The molecule has 8 fully saturated rings. The van der Waals surface area contributed by atoms with E-state index in [-0.39, 0.29) is 208 Å². The molecule has 52 heteroatoms. The maximum absolute atomic E-state index is 15.6. The van der Waals surface area contributed by atoms with Crippen LogP contribution in [-0.2, 0) is 34.1 Å². The third-order valence-corrected chi connectivity index (χ3v) is 24.8. The van der Waals surface area contributed by atoms with Crippen molar-refractivity contribution in [1.29, 1.82) is 0 Å². The van der Waals surface area contributed by atoms with E-state index < -0.39 is 183 Å². The molecule has 0 amide bonds. The molecular formula is C92H107F8Mn2N16O26. The van der Waals surface area contributed by atoms with Crippen molar-refractivity contribution in [1.82, 2.24) is 18.3 Å². The van der Waals surface area contributed by atoms with Gasteiger partial charge in [-0.1, -0.05) is 48.5 Å². The Kier molecular flexibility index (Phi) is 40.5. The standard InChI is InChI=1S/4C19H22F2N4O3.2C8H6O4.2Mn.6H2O/c4*1-8-5-24(6-9(2)23-8)17-13(20)15(22)12-16(14(17)21)25(10-3-4-10)7-11(18(12)26)19(27)28;2*9-7(10)5-1-2-6(4-3-5)8(11)12;;;;;;;;/h4*7-10,23H,3-6,22H2,1-2H3,(H,27,28);2*1-4H,(H,9,10)(H,11,12);;;6*1H2/q;;;;;;+2;+3;;;;;;/p-5/t4*8-,9+;;;;;;;;;;. The minimum atomic E-state index is -1.69. The van der Waals surface area contributed by atoms with Crippen LogP contribution in [0.2, 0.25) is 0 Å². The fourth-order valence-electron chi connectivity index (χ4n) is 18.5. The number of nitrogens with zero attached hydrogens (tertiary/aromatic N) is 8. The average molecular weight is 2110 g/mol. The van der Waals surface area contributed by atoms with Crippen molar-refractivity contribution < 1.29 is 204 Å². The second kappa shape index (κ2) is 48.2. The van der Waals surface area contributed by atoms with Gasteiger partial charge in [0.2, 0.25) is 21.7 Å². The van der Waals surface area contributed by atoms with Crippen molar-refractivity contribution in [3.8, 4) is 0 Å². The molecule has 0 spiro atoms. The first kappa shape index (κ1) is 121. The Bertz CT molecular complexity index is 6020. The van der Waals surface area contributed by atoms with Gasteiger partial charge in [-0.15, -0.1) is 0 Å². The third kappa shape index (κ3) is 24.7. The summed E-state index contributed by atoms with van der Waals surface area (Å²) in [6, 6.07) is 9.66. The van der Waals surface area contributed by atoms with Crippen LogP contribution in [0.1, 0.15) is 215 Å². The number of carboxylic acids is 8. The van der Waals surface area contributed by atoms with Crippen molar-refractivity contribution in [2.45, 2.75) is 179 Å². The normalized spacial score (nSPS) is 19.2. The Labute approximate surface area is 834 Å². The average Bonchev–Trinajstić information content (AvgIpc) is 1.72. The van der Waals surface area contributed by atoms with E-state index in [1.165, 1.54) is 18.3 Å². The summed E-state index contributed by atoms with van der Waals surface area (Å²) in [4.78, 5) is 143. The first-order chi connectivity index (χ1) is 64.0. The summed E-state index contributed by atoms with van der Waals surface area (Å²) < 4.78 is 129. The molecule has 26 N–H and O–H groups in total. The zero-order valence-electron chi connectivity index (χ0n) is 79.2. The molecule has 0 bridgehead atoms. The molecule has 8 aliphatic rings. The molecule has 10 aromatic rings. The van der Waals surface area contributed by atoms with Crippen LogP contribution in [0, 0.1) is 46.5 Å². The van der Waals surface area contributed by atoms with Gasteiger partial charge < -0.3 is 194 Å². The number of carbonyl (C=O) groups excluding carboxylic acids is 8. The maximum Gasteiger partial charge on any atom is 3.00 e. The fraction of sp³-hybridized carbons (Fsp3) is 0.391. The molecular weight excluding hydrogens is 2010 g/mol. The Morgan fingerprint density at radius 3 is 0.542 bits per heavy atom. The molecule has 42 nitrogen and oxygen atoms in total. The number of pyridine rings is 4. The SMILES string of the molecule is C[C@@H]1CN(c2c(F)c(N)c3c(=O)c(C(=O)[O-])cn(C4CC4)c3c2F)C[C@H](C)[NH2+]1.C[C@@H]1CN(c2c(F)c(N)c3c(=O)c(C(=O)[O-])cn(C4CC4)c3c2F)C[C@H](C)[NH2+]1.C[C@@H]1CN(c2c(F)c(N)c3c(=O)c(C(=O)[O-])cn(C4CC4)c3c2F)C[C@H](C)[NH2+]1.C[C@@H]1CN(c2c(F)c(N)c3c(=O)c(C(=O)[O-])cn(C4CC4)c3c2F)C[C@H](C)[NH2+]1.O.O.O.O.O=C([O-])c1ccc(C(=O)[O-])cc1.O=C([O-])c1ccc(C(=O)[O-])cc1.[H+].[Mn+2].[Mn+3].[OH-].[OH-]. The zero-order valence-corrected chi connectivity index (χ0v) is 80.6. The van der Waals surface area contributed by atoms with E-state index in [1.54, 1.807) is 19.6 Å². The molecule has 781 valence electrons. The van der Waals surface area contributed by atoms with Gasteiger partial charge in [0.1, 0.15) is 71.1 Å². The van der Waals surface area contributed by atoms with Crippen LogP contribution in [0.5, 0.6) is 0 Å². The number of fused-ring (bicyclic) bond motifs is 4. The summed E-state index contributed by atoms with van der Waals surface area (Å²) in [5.74, 6) is -19.7. The first-order valence-corrected chi connectivity index (χ1v) is 43.7. The van der Waals surface area contributed by atoms with Crippen LogP contribution in [0.3, 0.4) is 0 Å². The quantitative estimate of drug-likeness (QED) is 0.0253.